The summed E-state index contributed by atoms with van der Waals surface area (Å²) in [7, 11) is 0. The average molecular weight is 317 g/mol. The molecule has 1 saturated carbocycles. The fraction of sp³-hybridized carbons (Fsp3) is 0.611. The highest BCUT2D eigenvalue weighted by Gasteiger charge is 2.34. The fourth-order valence-electron chi connectivity index (χ4n) is 3.74. The number of benzene rings is 1. The molecule has 2 aliphatic rings. The van der Waals surface area contributed by atoms with Crippen LogP contribution >= 0.6 is 0 Å². The normalized spacial score (nSPS) is 27.8. The van der Waals surface area contributed by atoms with E-state index in [0.29, 0.717) is 18.0 Å². The van der Waals surface area contributed by atoms with E-state index in [1.807, 2.05) is 12.1 Å². The molecule has 1 aromatic rings. The molecule has 5 heteroatoms. The van der Waals surface area contributed by atoms with Gasteiger partial charge in [0.15, 0.2) is 0 Å². The zero-order valence-electron chi connectivity index (χ0n) is 13.8. The van der Waals surface area contributed by atoms with Gasteiger partial charge in [-0.3, -0.25) is 4.79 Å². The number of anilines is 1. The third-order valence-corrected chi connectivity index (χ3v) is 4.88. The van der Waals surface area contributed by atoms with E-state index in [4.69, 9.17) is 4.74 Å². The van der Waals surface area contributed by atoms with E-state index in [2.05, 4.69) is 28.1 Å². The Labute approximate surface area is 138 Å². The molecule has 0 spiro atoms. The molecule has 1 aliphatic carbocycles. The number of carbonyl (C=O) groups excluding carboxylic acids is 1. The molecular formula is C18H27N3O2. The second-order valence-electron chi connectivity index (χ2n) is 6.60. The first-order valence-electron chi connectivity index (χ1n) is 8.63. The van der Waals surface area contributed by atoms with Gasteiger partial charge in [0.25, 0.3) is 0 Å². The molecule has 1 amide bonds. The Morgan fingerprint density at radius 2 is 2.13 bits per heavy atom. The molecule has 3 N–H and O–H groups in total. The lowest BCUT2D eigenvalue weighted by Crippen LogP contribution is -2.50. The number of hydrogen-bond acceptors (Lipinski definition) is 4. The molecule has 0 radical (unpaired) electrons. The molecule has 1 aromatic carbocycles. The molecule has 3 atom stereocenters. The summed E-state index contributed by atoms with van der Waals surface area (Å²) in [6.45, 7) is 5.04. The number of morpholine rings is 1. The van der Waals surface area contributed by atoms with Crippen LogP contribution in [0.5, 0.6) is 0 Å². The SMILES string of the molecule is CC(=O)Nc1ccc(CNC2CCCC2C2COCCN2)cc1. The minimum atomic E-state index is -0.0353. The smallest absolute Gasteiger partial charge is 0.221 e. The van der Waals surface area contributed by atoms with Crippen LogP contribution in [0.4, 0.5) is 5.69 Å². The molecular weight excluding hydrogens is 290 g/mol. The third-order valence-electron chi connectivity index (χ3n) is 4.88. The summed E-state index contributed by atoms with van der Waals surface area (Å²) in [6, 6.07) is 9.12. The van der Waals surface area contributed by atoms with E-state index in [1.165, 1.54) is 31.7 Å². The van der Waals surface area contributed by atoms with Crippen molar-refractivity contribution in [1.29, 1.82) is 0 Å². The fourth-order valence-corrected chi connectivity index (χ4v) is 3.74. The van der Waals surface area contributed by atoms with Crippen LogP contribution in [0.3, 0.4) is 0 Å². The quantitative estimate of drug-likeness (QED) is 0.776. The third kappa shape index (κ3) is 4.53. The van der Waals surface area contributed by atoms with Crippen LogP contribution in [0.15, 0.2) is 24.3 Å². The predicted molar refractivity (Wildman–Crippen MR) is 91.3 cm³/mol. The highest BCUT2D eigenvalue weighted by Crippen LogP contribution is 2.29. The van der Waals surface area contributed by atoms with Gasteiger partial charge in [0.1, 0.15) is 0 Å². The molecule has 126 valence electrons. The molecule has 1 saturated heterocycles. The maximum atomic E-state index is 11.0. The van der Waals surface area contributed by atoms with Gasteiger partial charge in [0.05, 0.1) is 13.2 Å². The number of hydrogen-bond donors (Lipinski definition) is 3. The van der Waals surface area contributed by atoms with Crippen LogP contribution in [0, 0.1) is 5.92 Å². The van der Waals surface area contributed by atoms with Crippen molar-refractivity contribution >= 4 is 11.6 Å². The molecule has 0 bridgehead atoms. The average Bonchev–Trinajstić information content (AvgIpc) is 3.03. The Morgan fingerprint density at radius 3 is 2.83 bits per heavy atom. The first-order chi connectivity index (χ1) is 11.2. The summed E-state index contributed by atoms with van der Waals surface area (Å²) in [5.41, 5.74) is 2.10. The molecule has 3 unspecified atom stereocenters. The first-order valence-corrected chi connectivity index (χ1v) is 8.63. The van der Waals surface area contributed by atoms with Crippen LogP contribution in [-0.2, 0) is 16.1 Å². The van der Waals surface area contributed by atoms with Crippen LogP contribution in [0.1, 0.15) is 31.7 Å². The summed E-state index contributed by atoms with van der Waals surface area (Å²) in [5.74, 6) is 0.626. The second kappa shape index (κ2) is 7.90. The van der Waals surface area contributed by atoms with E-state index in [1.54, 1.807) is 0 Å². The zero-order valence-corrected chi connectivity index (χ0v) is 13.8. The van der Waals surface area contributed by atoms with Crippen LogP contribution in [0.2, 0.25) is 0 Å². The van der Waals surface area contributed by atoms with Crippen molar-refractivity contribution in [3.63, 3.8) is 0 Å². The topological polar surface area (TPSA) is 62.4 Å². The minimum absolute atomic E-state index is 0.0353. The lowest BCUT2D eigenvalue weighted by Gasteiger charge is -2.33. The molecule has 2 fully saturated rings. The van der Waals surface area contributed by atoms with E-state index in [-0.39, 0.29) is 5.91 Å². The highest BCUT2D eigenvalue weighted by atomic mass is 16.5. The van der Waals surface area contributed by atoms with Gasteiger partial charge in [0, 0.05) is 37.8 Å². The van der Waals surface area contributed by atoms with Gasteiger partial charge in [0.2, 0.25) is 5.91 Å². The van der Waals surface area contributed by atoms with Gasteiger partial charge in [-0.2, -0.15) is 0 Å². The molecule has 1 heterocycles. The van der Waals surface area contributed by atoms with Gasteiger partial charge in [-0.05, 0) is 36.5 Å². The van der Waals surface area contributed by atoms with Crippen molar-refractivity contribution in [3.05, 3.63) is 29.8 Å². The predicted octanol–water partition coefficient (Wildman–Crippen LogP) is 1.89. The Hall–Kier alpha value is -1.43. The Bertz CT molecular complexity index is 512. The van der Waals surface area contributed by atoms with E-state index < -0.39 is 0 Å². The lowest BCUT2D eigenvalue weighted by atomic mass is 9.94. The van der Waals surface area contributed by atoms with Crippen molar-refractivity contribution in [2.75, 3.05) is 25.1 Å². The summed E-state index contributed by atoms with van der Waals surface area (Å²) >= 11 is 0. The molecule has 23 heavy (non-hydrogen) atoms. The monoisotopic (exact) mass is 317 g/mol. The maximum absolute atomic E-state index is 11.0. The Balaban J connectivity index is 1.51. The van der Waals surface area contributed by atoms with Crippen molar-refractivity contribution in [2.45, 2.75) is 44.8 Å². The number of amides is 1. The molecule has 1 aliphatic heterocycles. The number of rotatable bonds is 5. The Kier molecular flexibility index (Phi) is 5.65. The van der Waals surface area contributed by atoms with Crippen molar-refractivity contribution < 1.29 is 9.53 Å². The summed E-state index contributed by atoms with van der Waals surface area (Å²) < 4.78 is 5.63. The van der Waals surface area contributed by atoms with Gasteiger partial charge in [-0.15, -0.1) is 0 Å². The second-order valence-corrected chi connectivity index (χ2v) is 6.60. The lowest BCUT2D eigenvalue weighted by molar-refractivity contribution is -0.114. The first kappa shape index (κ1) is 16.4. The Morgan fingerprint density at radius 1 is 1.30 bits per heavy atom. The number of carbonyl (C=O) groups is 1. The molecule has 3 rings (SSSR count). The van der Waals surface area contributed by atoms with Gasteiger partial charge < -0.3 is 20.7 Å². The van der Waals surface area contributed by atoms with Gasteiger partial charge in [-0.1, -0.05) is 18.6 Å². The van der Waals surface area contributed by atoms with Crippen molar-refractivity contribution in [3.8, 4) is 0 Å². The van der Waals surface area contributed by atoms with Crippen LogP contribution in [0.25, 0.3) is 0 Å². The van der Waals surface area contributed by atoms with E-state index in [0.717, 1.165) is 32.0 Å². The summed E-state index contributed by atoms with van der Waals surface area (Å²) in [5, 5.41) is 10.1. The minimum Gasteiger partial charge on any atom is -0.379 e. The summed E-state index contributed by atoms with van der Waals surface area (Å²) in [4.78, 5) is 11.0. The van der Waals surface area contributed by atoms with E-state index >= 15 is 0 Å². The summed E-state index contributed by atoms with van der Waals surface area (Å²) in [6.07, 6.45) is 3.81. The van der Waals surface area contributed by atoms with E-state index in [9.17, 15) is 4.79 Å². The molecule has 0 aromatic heterocycles. The highest BCUT2D eigenvalue weighted by molar-refractivity contribution is 5.88. The van der Waals surface area contributed by atoms with Crippen LogP contribution < -0.4 is 16.0 Å². The van der Waals surface area contributed by atoms with Gasteiger partial charge >= 0.3 is 0 Å². The maximum Gasteiger partial charge on any atom is 0.221 e. The number of ether oxygens (including phenoxy) is 1. The van der Waals surface area contributed by atoms with Gasteiger partial charge in [-0.25, -0.2) is 0 Å². The molecule has 5 nitrogen and oxygen atoms in total. The van der Waals surface area contributed by atoms with Crippen molar-refractivity contribution in [2.24, 2.45) is 5.92 Å². The van der Waals surface area contributed by atoms with Crippen LogP contribution in [-0.4, -0.2) is 37.7 Å². The van der Waals surface area contributed by atoms with Crippen molar-refractivity contribution in [1.82, 2.24) is 10.6 Å². The standard InChI is InChI=1S/C18H27N3O2/c1-13(22)21-15-7-5-14(6-8-15)11-20-17-4-2-3-16(17)18-12-23-10-9-19-18/h5-8,16-20H,2-4,9-12H2,1H3,(H,21,22). The number of nitrogens with one attached hydrogen (secondary N) is 3. The largest absolute Gasteiger partial charge is 0.379 e. The zero-order chi connectivity index (χ0) is 16.1.